The van der Waals surface area contributed by atoms with Crippen LogP contribution in [-0.2, 0) is 11.2 Å². The average molecular weight is 255 g/mol. The number of esters is 1. The molecule has 0 amide bonds. The highest BCUT2D eigenvalue weighted by molar-refractivity contribution is 5.93. The SMILES string of the molecule is CCc1ccc(C(=O)OC)c(C#N)c1OC(F)F. The molecule has 0 saturated carbocycles. The van der Waals surface area contributed by atoms with Crippen LogP contribution in [0.4, 0.5) is 8.78 Å². The molecule has 1 rings (SSSR count). The third kappa shape index (κ3) is 2.74. The van der Waals surface area contributed by atoms with Crippen LogP contribution in [0, 0.1) is 11.3 Å². The van der Waals surface area contributed by atoms with Gasteiger partial charge in [-0.05, 0) is 18.1 Å². The topological polar surface area (TPSA) is 59.3 Å². The zero-order valence-electron chi connectivity index (χ0n) is 9.87. The van der Waals surface area contributed by atoms with Gasteiger partial charge in [0, 0.05) is 0 Å². The number of carbonyl (C=O) groups excluding carboxylic acids is 1. The molecule has 6 heteroatoms. The van der Waals surface area contributed by atoms with Gasteiger partial charge in [0.25, 0.3) is 0 Å². The molecule has 4 nitrogen and oxygen atoms in total. The highest BCUT2D eigenvalue weighted by atomic mass is 19.3. The molecular formula is C12H11F2NO3. The minimum atomic E-state index is -3.06. The molecule has 0 aliphatic rings. The number of nitrogens with zero attached hydrogens (tertiary/aromatic N) is 1. The first-order valence-corrected chi connectivity index (χ1v) is 5.14. The molecule has 18 heavy (non-hydrogen) atoms. The van der Waals surface area contributed by atoms with E-state index in [4.69, 9.17) is 5.26 Å². The van der Waals surface area contributed by atoms with E-state index in [1.54, 1.807) is 13.0 Å². The van der Waals surface area contributed by atoms with Gasteiger partial charge in [0.15, 0.2) is 0 Å². The maximum Gasteiger partial charge on any atom is 0.387 e. The molecule has 0 atom stereocenters. The number of rotatable bonds is 4. The normalized spacial score (nSPS) is 10.0. The summed E-state index contributed by atoms with van der Waals surface area (Å²) in [7, 11) is 1.14. The molecule has 0 saturated heterocycles. The lowest BCUT2D eigenvalue weighted by Crippen LogP contribution is -2.11. The summed E-state index contributed by atoms with van der Waals surface area (Å²) in [6.45, 7) is -1.33. The van der Waals surface area contributed by atoms with Crippen LogP contribution in [0.1, 0.15) is 28.4 Å². The van der Waals surface area contributed by atoms with Gasteiger partial charge in [-0.2, -0.15) is 14.0 Å². The molecule has 1 aromatic rings. The fraction of sp³-hybridized carbons (Fsp3) is 0.333. The van der Waals surface area contributed by atoms with Crippen molar-refractivity contribution < 1.29 is 23.0 Å². The number of alkyl halides is 2. The Morgan fingerprint density at radius 1 is 1.50 bits per heavy atom. The summed E-state index contributed by atoms with van der Waals surface area (Å²) in [6, 6.07) is 4.53. The standard InChI is InChI=1S/C12H11F2NO3/c1-3-7-4-5-8(11(16)17-2)9(6-15)10(7)18-12(13)14/h4-5,12H,3H2,1-2H3. The van der Waals surface area contributed by atoms with E-state index in [1.807, 2.05) is 0 Å². The van der Waals surface area contributed by atoms with Crippen molar-refractivity contribution in [2.45, 2.75) is 20.0 Å². The van der Waals surface area contributed by atoms with E-state index in [9.17, 15) is 13.6 Å². The first kappa shape index (κ1) is 13.9. The van der Waals surface area contributed by atoms with Crippen LogP contribution in [0.15, 0.2) is 12.1 Å². The Hall–Kier alpha value is -2.16. The van der Waals surface area contributed by atoms with Crippen molar-refractivity contribution in [2.24, 2.45) is 0 Å². The molecule has 0 heterocycles. The minimum Gasteiger partial charge on any atom is -0.465 e. The molecule has 0 bridgehead atoms. The Balaban J connectivity index is 3.43. The third-order valence-corrected chi connectivity index (χ3v) is 2.34. The number of nitriles is 1. The van der Waals surface area contributed by atoms with Crippen LogP contribution in [0.3, 0.4) is 0 Å². The van der Waals surface area contributed by atoms with Gasteiger partial charge >= 0.3 is 12.6 Å². The summed E-state index contributed by atoms with van der Waals surface area (Å²) in [5, 5.41) is 8.99. The Labute approximate surface area is 103 Å². The summed E-state index contributed by atoms with van der Waals surface area (Å²) >= 11 is 0. The first-order chi connectivity index (χ1) is 8.54. The second-order valence-corrected chi connectivity index (χ2v) is 3.31. The molecule has 96 valence electrons. The summed E-state index contributed by atoms with van der Waals surface area (Å²) in [4.78, 5) is 11.4. The largest absolute Gasteiger partial charge is 0.465 e. The second-order valence-electron chi connectivity index (χ2n) is 3.31. The molecule has 0 unspecified atom stereocenters. The van der Waals surface area contributed by atoms with Crippen LogP contribution in [0.5, 0.6) is 5.75 Å². The van der Waals surface area contributed by atoms with E-state index in [2.05, 4.69) is 9.47 Å². The zero-order chi connectivity index (χ0) is 13.7. The number of carbonyl (C=O) groups is 1. The Bertz CT molecular complexity index is 495. The number of ether oxygens (including phenoxy) is 2. The highest BCUT2D eigenvalue weighted by Gasteiger charge is 2.21. The predicted octanol–water partition coefficient (Wildman–Crippen LogP) is 2.51. The lowest BCUT2D eigenvalue weighted by atomic mass is 10.0. The fourth-order valence-electron chi connectivity index (χ4n) is 1.52. The second kappa shape index (κ2) is 5.96. The van der Waals surface area contributed by atoms with E-state index in [1.165, 1.54) is 12.1 Å². The number of hydrogen-bond donors (Lipinski definition) is 0. The fourth-order valence-corrected chi connectivity index (χ4v) is 1.52. The Morgan fingerprint density at radius 2 is 2.17 bits per heavy atom. The monoisotopic (exact) mass is 255 g/mol. The molecule has 0 spiro atoms. The Morgan fingerprint density at radius 3 is 2.61 bits per heavy atom. The number of aryl methyl sites for hydroxylation is 1. The van der Waals surface area contributed by atoms with Gasteiger partial charge in [-0.3, -0.25) is 0 Å². The van der Waals surface area contributed by atoms with E-state index < -0.39 is 12.6 Å². The summed E-state index contributed by atoms with van der Waals surface area (Å²) in [5.41, 5.74) is 0.105. The maximum atomic E-state index is 12.3. The van der Waals surface area contributed by atoms with Crippen LogP contribution < -0.4 is 4.74 Å². The van der Waals surface area contributed by atoms with Gasteiger partial charge in [0.1, 0.15) is 17.4 Å². The van der Waals surface area contributed by atoms with Crippen molar-refractivity contribution in [1.29, 1.82) is 5.26 Å². The number of hydrogen-bond acceptors (Lipinski definition) is 4. The summed E-state index contributed by atoms with van der Waals surface area (Å²) in [5.74, 6) is -1.04. The zero-order valence-corrected chi connectivity index (χ0v) is 9.87. The molecule has 0 aromatic heterocycles. The van der Waals surface area contributed by atoms with Crippen LogP contribution in [-0.4, -0.2) is 19.7 Å². The number of benzene rings is 1. The van der Waals surface area contributed by atoms with E-state index in [0.29, 0.717) is 12.0 Å². The van der Waals surface area contributed by atoms with Crippen molar-refractivity contribution in [3.05, 3.63) is 28.8 Å². The molecule has 0 radical (unpaired) electrons. The lowest BCUT2D eigenvalue weighted by molar-refractivity contribution is -0.0506. The molecule has 0 N–H and O–H groups in total. The van der Waals surface area contributed by atoms with E-state index in [-0.39, 0.29) is 16.9 Å². The lowest BCUT2D eigenvalue weighted by Gasteiger charge is -2.13. The average Bonchev–Trinajstić information content (AvgIpc) is 2.36. The number of halogens is 2. The summed E-state index contributed by atoms with van der Waals surface area (Å²) < 4.78 is 33.4. The van der Waals surface area contributed by atoms with Crippen LogP contribution >= 0.6 is 0 Å². The number of methoxy groups -OCH3 is 1. The van der Waals surface area contributed by atoms with Crippen LogP contribution in [0.25, 0.3) is 0 Å². The van der Waals surface area contributed by atoms with Gasteiger partial charge < -0.3 is 9.47 Å². The molecule has 0 fully saturated rings. The minimum absolute atomic E-state index is 0.0900. The molecule has 0 aliphatic heterocycles. The smallest absolute Gasteiger partial charge is 0.387 e. The van der Waals surface area contributed by atoms with Gasteiger partial charge in [-0.15, -0.1) is 0 Å². The van der Waals surface area contributed by atoms with Crippen molar-refractivity contribution in [3.63, 3.8) is 0 Å². The predicted molar refractivity (Wildman–Crippen MR) is 58.5 cm³/mol. The van der Waals surface area contributed by atoms with Gasteiger partial charge in [0.2, 0.25) is 0 Å². The van der Waals surface area contributed by atoms with Crippen molar-refractivity contribution in [2.75, 3.05) is 7.11 Å². The quantitative estimate of drug-likeness (QED) is 0.775. The first-order valence-electron chi connectivity index (χ1n) is 5.14. The molecule has 1 aromatic carbocycles. The van der Waals surface area contributed by atoms with Crippen molar-refractivity contribution in [3.8, 4) is 11.8 Å². The van der Waals surface area contributed by atoms with Crippen molar-refractivity contribution >= 4 is 5.97 Å². The van der Waals surface area contributed by atoms with Gasteiger partial charge in [-0.1, -0.05) is 13.0 Å². The third-order valence-electron chi connectivity index (χ3n) is 2.34. The molecule has 0 aliphatic carbocycles. The summed E-state index contributed by atoms with van der Waals surface area (Å²) in [6.07, 6.45) is 0.401. The highest BCUT2D eigenvalue weighted by Crippen LogP contribution is 2.29. The maximum absolute atomic E-state index is 12.3. The van der Waals surface area contributed by atoms with Gasteiger partial charge in [-0.25, -0.2) is 4.79 Å². The van der Waals surface area contributed by atoms with E-state index in [0.717, 1.165) is 7.11 Å². The van der Waals surface area contributed by atoms with Gasteiger partial charge in [0.05, 0.1) is 12.7 Å². The Kier molecular flexibility index (Phi) is 4.60. The molecular weight excluding hydrogens is 244 g/mol. The van der Waals surface area contributed by atoms with E-state index >= 15 is 0 Å². The van der Waals surface area contributed by atoms with Crippen LogP contribution in [0.2, 0.25) is 0 Å². The van der Waals surface area contributed by atoms with Crippen molar-refractivity contribution in [1.82, 2.24) is 0 Å².